The Morgan fingerprint density at radius 1 is 1.56 bits per heavy atom. The molecule has 0 aliphatic carbocycles. The van der Waals surface area contributed by atoms with E-state index in [-0.39, 0.29) is 5.69 Å². The lowest BCUT2D eigenvalue weighted by atomic mass is 10.1. The minimum Gasteiger partial charge on any atom is -0.281 e. The lowest BCUT2D eigenvalue weighted by Gasteiger charge is -2.00. The second kappa shape index (κ2) is 6.60. The van der Waals surface area contributed by atoms with E-state index in [1.807, 2.05) is 0 Å². The zero-order valence-corrected chi connectivity index (χ0v) is 10.7. The molecule has 0 saturated heterocycles. The summed E-state index contributed by atoms with van der Waals surface area (Å²) in [5.41, 5.74) is 3.36. The summed E-state index contributed by atoms with van der Waals surface area (Å²) in [4.78, 5) is 21.3. The van der Waals surface area contributed by atoms with E-state index in [2.05, 4.69) is 15.2 Å². The topological polar surface area (TPSA) is 96.6 Å². The van der Waals surface area contributed by atoms with Crippen molar-refractivity contribution >= 4 is 29.9 Å². The predicted octanol–water partition coefficient (Wildman–Crippen LogP) is 1.81. The first kappa shape index (κ1) is 14.0. The molecule has 18 heavy (non-hydrogen) atoms. The van der Waals surface area contributed by atoms with Gasteiger partial charge in [-0.1, -0.05) is 24.1 Å². The predicted molar refractivity (Wildman–Crippen MR) is 70.6 cm³/mol. The highest BCUT2D eigenvalue weighted by atomic mass is 32.2. The first-order valence-corrected chi connectivity index (χ1v) is 6.14. The largest absolute Gasteiger partial charge is 0.345 e. The van der Waals surface area contributed by atoms with Crippen LogP contribution in [0.1, 0.15) is 11.1 Å². The number of carbonyl (C=O) groups excluding carboxylic acids is 1. The SMILES string of the molecule is CSNC(=O)N/N=C/c1ccc(C)c([N+](=O)[O-])c1. The Morgan fingerprint density at radius 2 is 2.28 bits per heavy atom. The number of carbonyl (C=O) groups is 1. The molecule has 1 rings (SSSR count). The van der Waals surface area contributed by atoms with Crippen LogP contribution < -0.4 is 10.1 Å². The maximum absolute atomic E-state index is 11.0. The van der Waals surface area contributed by atoms with E-state index in [9.17, 15) is 14.9 Å². The molecule has 2 N–H and O–H groups in total. The first-order valence-electron chi connectivity index (χ1n) is 4.91. The van der Waals surface area contributed by atoms with Gasteiger partial charge in [-0.15, -0.1) is 0 Å². The number of nitro groups is 1. The van der Waals surface area contributed by atoms with Crippen LogP contribution >= 0.6 is 11.9 Å². The molecule has 0 heterocycles. The quantitative estimate of drug-likeness (QED) is 0.376. The Bertz CT molecular complexity index is 490. The van der Waals surface area contributed by atoms with Crippen LogP contribution in [0.25, 0.3) is 0 Å². The number of benzene rings is 1. The number of aryl methyl sites for hydroxylation is 1. The smallest absolute Gasteiger partial charge is 0.281 e. The molecule has 2 amide bonds. The minimum absolute atomic E-state index is 0.0208. The fourth-order valence-electron chi connectivity index (χ4n) is 1.18. The molecule has 0 saturated carbocycles. The highest BCUT2D eigenvalue weighted by Crippen LogP contribution is 2.18. The van der Waals surface area contributed by atoms with Crippen LogP contribution in [0.3, 0.4) is 0 Å². The summed E-state index contributed by atoms with van der Waals surface area (Å²) in [6.45, 7) is 1.66. The van der Waals surface area contributed by atoms with Gasteiger partial charge in [0.2, 0.25) is 0 Å². The molecule has 0 fully saturated rings. The number of hydrogen-bond acceptors (Lipinski definition) is 5. The highest BCUT2D eigenvalue weighted by molar-refractivity contribution is 7.97. The fourth-order valence-corrected chi connectivity index (χ4v) is 1.42. The molecule has 96 valence electrons. The first-order chi connectivity index (χ1) is 8.54. The van der Waals surface area contributed by atoms with Crippen molar-refractivity contribution in [3.8, 4) is 0 Å². The van der Waals surface area contributed by atoms with Crippen molar-refractivity contribution in [2.24, 2.45) is 5.10 Å². The lowest BCUT2D eigenvalue weighted by Crippen LogP contribution is -2.26. The van der Waals surface area contributed by atoms with Gasteiger partial charge in [-0.2, -0.15) is 5.10 Å². The summed E-state index contributed by atoms with van der Waals surface area (Å²) >= 11 is 1.14. The molecule has 0 bridgehead atoms. The van der Waals surface area contributed by atoms with Crippen molar-refractivity contribution < 1.29 is 9.72 Å². The Balaban J connectivity index is 2.73. The molecule has 0 aliphatic rings. The van der Waals surface area contributed by atoms with Crippen LogP contribution in [0.2, 0.25) is 0 Å². The summed E-state index contributed by atoms with van der Waals surface area (Å²) in [5, 5.41) is 14.4. The second-order valence-electron chi connectivity index (χ2n) is 3.31. The van der Waals surface area contributed by atoms with Gasteiger partial charge < -0.3 is 0 Å². The van der Waals surface area contributed by atoms with Crippen molar-refractivity contribution in [1.29, 1.82) is 0 Å². The van der Waals surface area contributed by atoms with Gasteiger partial charge >= 0.3 is 6.03 Å². The monoisotopic (exact) mass is 268 g/mol. The number of nitrogens with one attached hydrogen (secondary N) is 2. The summed E-state index contributed by atoms with van der Waals surface area (Å²) < 4.78 is 2.42. The number of hydrogen-bond donors (Lipinski definition) is 2. The highest BCUT2D eigenvalue weighted by Gasteiger charge is 2.09. The van der Waals surface area contributed by atoms with Crippen LogP contribution in [0.5, 0.6) is 0 Å². The molecular formula is C10H12N4O3S. The normalized spacial score (nSPS) is 10.3. The summed E-state index contributed by atoms with van der Waals surface area (Å²) in [6.07, 6.45) is 3.04. The number of rotatable bonds is 4. The molecule has 0 unspecified atom stereocenters. The Morgan fingerprint density at radius 3 is 2.89 bits per heavy atom. The molecule has 1 aromatic carbocycles. The molecule has 0 radical (unpaired) electrons. The number of urea groups is 1. The molecule has 8 heteroatoms. The minimum atomic E-state index is -0.458. The maximum atomic E-state index is 11.0. The third-order valence-electron chi connectivity index (χ3n) is 2.00. The van der Waals surface area contributed by atoms with Gasteiger partial charge in [0.1, 0.15) is 0 Å². The molecule has 7 nitrogen and oxygen atoms in total. The van der Waals surface area contributed by atoms with Crippen LogP contribution in [0.4, 0.5) is 10.5 Å². The van der Waals surface area contributed by atoms with Gasteiger partial charge in [0.05, 0.1) is 11.1 Å². The van der Waals surface area contributed by atoms with E-state index in [1.54, 1.807) is 25.3 Å². The summed E-state index contributed by atoms with van der Waals surface area (Å²) in [6, 6.07) is 4.24. The second-order valence-corrected chi connectivity index (χ2v) is 3.92. The number of nitro benzene ring substituents is 1. The van der Waals surface area contributed by atoms with Crippen LogP contribution in [-0.4, -0.2) is 23.4 Å². The fraction of sp³-hybridized carbons (Fsp3) is 0.200. The van der Waals surface area contributed by atoms with Gasteiger partial charge in [-0.05, 0) is 6.92 Å². The molecule has 0 spiro atoms. The van der Waals surface area contributed by atoms with Crippen molar-refractivity contribution in [3.05, 3.63) is 39.4 Å². The standard InChI is InChI=1S/C10H12N4O3S/c1-7-3-4-8(5-9(7)14(16)17)6-11-12-10(15)13-18-2/h3-6H,1-2H3,(H2,12,13,15)/b11-6+. The number of hydrazone groups is 1. The third-order valence-corrected chi connectivity index (χ3v) is 2.39. The van der Waals surface area contributed by atoms with Gasteiger partial charge in [0.15, 0.2) is 0 Å². The lowest BCUT2D eigenvalue weighted by molar-refractivity contribution is -0.385. The average Bonchev–Trinajstić information content (AvgIpc) is 2.31. The van der Waals surface area contributed by atoms with Crippen LogP contribution in [0, 0.1) is 17.0 Å². The average molecular weight is 268 g/mol. The molecule has 1 aromatic rings. The van der Waals surface area contributed by atoms with E-state index in [1.165, 1.54) is 12.3 Å². The van der Waals surface area contributed by atoms with Gasteiger partial charge in [-0.3, -0.25) is 14.8 Å². The molecular weight excluding hydrogens is 256 g/mol. The number of nitrogens with zero attached hydrogens (tertiary/aromatic N) is 2. The summed E-state index contributed by atoms with van der Waals surface area (Å²) in [7, 11) is 0. The zero-order valence-electron chi connectivity index (χ0n) is 9.84. The van der Waals surface area contributed by atoms with E-state index in [0.29, 0.717) is 11.1 Å². The Kier molecular flexibility index (Phi) is 5.12. The maximum Gasteiger partial charge on any atom is 0.345 e. The van der Waals surface area contributed by atoms with E-state index < -0.39 is 11.0 Å². The molecule has 0 aliphatic heterocycles. The van der Waals surface area contributed by atoms with Crippen molar-refractivity contribution in [2.45, 2.75) is 6.92 Å². The third kappa shape index (κ3) is 4.06. The summed E-state index contributed by atoms with van der Waals surface area (Å²) in [5.74, 6) is 0. The van der Waals surface area contributed by atoms with Gasteiger partial charge in [0.25, 0.3) is 5.69 Å². The van der Waals surface area contributed by atoms with E-state index >= 15 is 0 Å². The van der Waals surface area contributed by atoms with Crippen LogP contribution in [0.15, 0.2) is 23.3 Å². The number of amides is 2. The zero-order chi connectivity index (χ0) is 13.5. The van der Waals surface area contributed by atoms with Crippen molar-refractivity contribution in [3.63, 3.8) is 0 Å². The van der Waals surface area contributed by atoms with E-state index in [0.717, 1.165) is 11.9 Å². The van der Waals surface area contributed by atoms with Crippen LogP contribution in [-0.2, 0) is 0 Å². The van der Waals surface area contributed by atoms with Gasteiger partial charge in [-0.25, -0.2) is 10.2 Å². The Labute approximate surface area is 108 Å². The molecule has 0 aromatic heterocycles. The van der Waals surface area contributed by atoms with Crippen molar-refractivity contribution in [1.82, 2.24) is 10.1 Å². The molecule has 0 atom stereocenters. The van der Waals surface area contributed by atoms with E-state index in [4.69, 9.17) is 0 Å². The van der Waals surface area contributed by atoms with Gasteiger partial charge in [0, 0.05) is 23.4 Å². The Hall–Kier alpha value is -2.09. The van der Waals surface area contributed by atoms with Crippen molar-refractivity contribution in [2.75, 3.05) is 6.26 Å².